The highest BCUT2D eigenvalue weighted by Crippen LogP contribution is 2.70. The van der Waals surface area contributed by atoms with Gasteiger partial charge in [-0.1, -0.05) is 152 Å². The molecule has 1 aliphatic heterocycles. The molecule has 13 rings (SSSR count). The van der Waals surface area contributed by atoms with Gasteiger partial charge in [0.25, 0.3) is 0 Å². The molecular weight excluding hydrogens is 653 g/mol. The zero-order valence-corrected chi connectivity index (χ0v) is 30.4. The topological polar surface area (TPSA) is 9.23 Å². The SMILES string of the molecule is c1ccc(C2(c3ccccc3)c3ccccc3Oc3ccc(-c4ccccc4-c4cccc5c4-c4ccccc4C54C5CC6CC(C5)CC4C6)cc32)cc1. The maximum Gasteiger partial charge on any atom is 0.132 e. The van der Waals surface area contributed by atoms with Crippen molar-refractivity contribution in [2.45, 2.75) is 42.9 Å². The second kappa shape index (κ2) is 11.4. The normalized spacial score (nSPS) is 24.7. The van der Waals surface area contributed by atoms with E-state index in [0.29, 0.717) is 0 Å². The highest BCUT2D eigenvalue weighted by molar-refractivity contribution is 5.97. The van der Waals surface area contributed by atoms with Crippen molar-refractivity contribution in [3.05, 3.63) is 203 Å². The summed E-state index contributed by atoms with van der Waals surface area (Å²) in [4.78, 5) is 0. The molecule has 0 amide bonds. The number of fused-ring (bicyclic) bond motifs is 5. The van der Waals surface area contributed by atoms with Crippen LogP contribution in [0.3, 0.4) is 0 Å². The zero-order chi connectivity index (χ0) is 35.4. The molecule has 0 saturated heterocycles. The molecule has 54 heavy (non-hydrogen) atoms. The lowest BCUT2D eigenvalue weighted by Gasteiger charge is -2.61. The molecule has 1 nitrogen and oxygen atoms in total. The van der Waals surface area contributed by atoms with Crippen molar-refractivity contribution < 1.29 is 4.74 Å². The van der Waals surface area contributed by atoms with Gasteiger partial charge in [0.15, 0.2) is 0 Å². The Morgan fingerprint density at radius 3 is 1.63 bits per heavy atom. The number of rotatable bonds is 4. The summed E-state index contributed by atoms with van der Waals surface area (Å²) < 4.78 is 6.79. The minimum atomic E-state index is -0.559. The molecule has 0 radical (unpaired) electrons. The molecule has 260 valence electrons. The Kier molecular flexibility index (Phi) is 6.51. The van der Waals surface area contributed by atoms with Crippen molar-refractivity contribution in [3.63, 3.8) is 0 Å². The highest BCUT2D eigenvalue weighted by atomic mass is 16.5. The van der Waals surface area contributed by atoms with E-state index < -0.39 is 5.41 Å². The van der Waals surface area contributed by atoms with Gasteiger partial charge in [-0.15, -0.1) is 0 Å². The van der Waals surface area contributed by atoms with E-state index in [1.54, 1.807) is 11.1 Å². The van der Waals surface area contributed by atoms with Gasteiger partial charge in [-0.25, -0.2) is 0 Å². The lowest BCUT2D eigenvalue weighted by molar-refractivity contribution is -0.0399. The van der Waals surface area contributed by atoms with Crippen molar-refractivity contribution in [1.82, 2.24) is 0 Å². The predicted octanol–water partition coefficient (Wildman–Crippen LogP) is 13.2. The second-order valence-corrected chi connectivity index (χ2v) is 16.8. The number of hydrogen-bond donors (Lipinski definition) is 0. The molecule has 4 bridgehead atoms. The number of para-hydroxylation sites is 1. The summed E-state index contributed by atoms with van der Waals surface area (Å²) >= 11 is 0. The van der Waals surface area contributed by atoms with Crippen LogP contribution in [-0.4, -0.2) is 0 Å². The molecule has 6 aliphatic rings. The first-order valence-electron chi connectivity index (χ1n) is 20.1. The van der Waals surface area contributed by atoms with E-state index in [1.807, 2.05) is 0 Å². The summed E-state index contributed by atoms with van der Waals surface area (Å²) in [6.45, 7) is 0. The van der Waals surface area contributed by atoms with Gasteiger partial charge in [-0.05, 0) is 130 Å². The largest absolute Gasteiger partial charge is 0.457 e. The van der Waals surface area contributed by atoms with E-state index in [9.17, 15) is 0 Å². The number of hydrogen-bond acceptors (Lipinski definition) is 1. The first-order valence-corrected chi connectivity index (χ1v) is 20.1. The second-order valence-electron chi connectivity index (χ2n) is 16.8. The summed E-state index contributed by atoms with van der Waals surface area (Å²) in [5.74, 6) is 5.15. The molecule has 0 N–H and O–H groups in total. The molecule has 7 aromatic rings. The van der Waals surface area contributed by atoms with E-state index in [0.717, 1.165) is 35.2 Å². The Hall–Kier alpha value is -5.66. The van der Waals surface area contributed by atoms with E-state index in [4.69, 9.17) is 4.74 Å². The Morgan fingerprint density at radius 2 is 0.926 bits per heavy atom. The van der Waals surface area contributed by atoms with Crippen LogP contribution >= 0.6 is 0 Å². The summed E-state index contributed by atoms with van der Waals surface area (Å²) in [6.07, 6.45) is 7.05. The fourth-order valence-electron chi connectivity index (χ4n) is 12.8. The van der Waals surface area contributed by atoms with E-state index in [2.05, 4.69) is 170 Å². The fraction of sp³-hybridized carbons (Fsp3) is 0.208. The van der Waals surface area contributed by atoms with Gasteiger partial charge in [0.05, 0.1) is 5.41 Å². The Morgan fingerprint density at radius 1 is 0.389 bits per heavy atom. The third-order valence-electron chi connectivity index (χ3n) is 14.4. The van der Waals surface area contributed by atoms with Crippen LogP contribution in [0, 0.1) is 23.7 Å². The molecular formula is C53H42O. The van der Waals surface area contributed by atoms with Crippen molar-refractivity contribution in [2.75, 3.05) is 0 Å². The average Bonchev–Trinajstić information content (AvgIpc) is 3.53. The summed E-state index contributed by atoms with van der Waals surface area (Å²) in [7, 11) is 0. The first-order chi connectivity index (χ1) is 26.7. The minimum absolute atomic E-state index is 0.145. The van der Waals surface area contributed by atoms with Gasteiger partial charge in [0.2, 0.25) is 0 Å². The van der Waals surface area contributed by atoms with Gasteiger partial charge >= 0.3 is 0 Å². The van der Waals surface area contributed by atoms with Crippen LogP contribution in [0.25, 0.3) is 33.4 Å². The molecule has 0 unspecified atom stereocenters. The van der Waals surface area contributed by atoms with Gasteiger partial charge in [0.1, 0.15) is 11.5 Å². The van der Waals surface area contributed by atoms with Crippen molar-refractivity contribution >= 4 is 0 Å². The van der Waals surface area contributed by atoms with Crippen LogP contribution in [0.15, 0.2) is 170 Å². The molecule has 7 aromatic carbocycles. The molecule has 5 aliphatic carbocycles. The average molecular weight is 695 g/mol. The quantitative estimate of drug-likeness (QED) is 0.178. The van der Waals surface area contributed by atoms with Crippen molar-refractivity contribution in [1.29, 1.82) is 0 Å². The molecule has 1 spiro atoms. The minimum Gasteiger partial charge on any atom is -0.457 e. The van der Waals surface area contributed by atoms with Crippen molar-refractivity contribution in [3.8, 4) is 44.9 Å². The van der Waals surface area contributed by atoms with Crippen LogP contribution in [0.4, 0.5) is 0 Å². The first kappa shape index (κ1) is 30.8. The summed E-state index contributed by atoms with van der Waals surface area (Å²) in [5.41, 5.74) is 15.7. The number of benzene rings is 7. The monoisotopic (exact) mass is 694 g/mol. The van der Waals surface area contributed by atoms with Crippen molar-refractivity contribution in [2.24, 2.45) is 23.7 Å². The van der Waals surface area contributed by atoms with Gasteiger partial charge in [-0.2, -0.15) is 0 Å². The molecule has 4 saturated carbocycles. The van der Waals surface area contributed by atoms with Crippen LogP contribution in [-0.2, 0) is 10.8 Å². The summed E-state index contributed by atoms with van der Waals surface area (Å²) in [5, 5.41) is 0. The Labute approximate surface area is 318 Å². The molecule has 1 heteroatoms. The van der Waals surface area contributed by atoms with Gasteiger partial charge in [-0.3, -0.25) is 0 Å². The van der Waals surface area contributed by atoms with E-state index in [1.165, 1.54) is 87.7 Å². The molecule has 1 heterocycles. The third kappa shape index (κ3) is 4.00. The Balaban J connectivity index is 1.08. The lowest BCUT2D eigenvalue weighted by Crippen LogP contribution is -2.55. The van der Waals surface area contributed by atoms with Crippen LogP contribution < -0.4 is 4.74 Å². The predicted molar refractivity (Wildman–Crippen MR) is 219 cm³/mol. The van der Waals surface area contributed by atoms with Crippen LogP contribution in [0.1, 0.15) is 65.5 Å². The zero-order valence-electron chi connectivity index (χ0n) is 30.4. The summed E-state index contributed by atoms with van der Waals surface area (Å²) in [6, 6.07) is 63.5. The van der Waals surface area contributed by atoms with E-state index >= 15 is 0 Å². The molecule has 0 aromatic heterocycles. The smallest absolute Gasteiger partial charge is 0.132 e. The lowest BCUT2D eigenvalue weighted by atomic mass is 9.43. The highest BCUT2D eigenvalue weighted by Gasteiger charge is 2.61. The third-order valence-corrected chi connectivity index (χ3v) is 14.4. The van der Waals surface area contributed by atoms with Gasteiger partial charge < -0.3 is 4.74 Å². The Bertz CT molecular complexity index is 2530. The fourth-order valence-corrected chi connectivity index (χ4v) is 12.8. The maximum absolute atomic E-state index is 6.79. The maximum atomic E-state index is 6.79. The molecule has 0 atom stereocenters. The van der Waals surface area contributed by atoms with Crippen LogP contribution in [0.5, 0.6) is 11.5 Å². The molecule has 4 fully saturated rings. The number of ether oxygens (including phenoxy) is 1. The van der Waals surface area contributed by atoms with Gasteiger partial charge in [0, 0.05) is 16.5 Å². The van der Waals surface area contributed by atoms with Crippen LogP contribution in [0.2, 0.25) is 0 Å². The van der Waals surface area contributed by atoms with E-state index in [-0.39, 0.29) is 5.41 Å². The standard InChI is InChI=1S/C53H42O/c1-3-14-37(15-4-1)52(38-16-5-2-6-17-38)46-23-11-12-25-49(46)54-50-27-26-36(33-48(50)52)41-18-7-8-19-42(41)43-21-13-24-47-51(43)44-20-9-10-22-45(44)53(47)39-29-34-28-35(31-39)32-40(53)30-34/h1-27,33-35,39-40H,28-32H2.